The van der Waals surface area contributed by atoms with Crippen molar-refractivity contribution < 1.29 is 13.9 Å². The summed E-state index contributed by atoms with van der Waals surface area (Å²) in [6.07, 6.45) is 0. The molecule has 24 heavy (non-hydrogen) atoms. The number of nitrogens with two attached hydrogens (primary N) is 1. The van der Waals surface area contributed by atoms with Crippen molar-refractivity contribution in [2.75, 3.05) is 6.67 Å². The van der Waals surface area contributed by atoms with Gasteiger partial charge in [0.15, 0.2) is 0 Å². The summed E-state index contributed by atoms with van der Waals surface area (Å²) in [5, 5.41) is 6.12. The summed E-state index contributed by atoms with van der Waals surface area (Å²) in [6, 6.07) is 13.7. The third-order valence-electron chi connectivity index (χ3n) is 3.54. The van der Waals surface area contributed by atoms with Gasteiger partial charge in [0.25, 0.3) is 0 Å². The van der Waals surface area contributed by atoms with Crippen LogP contribution in [0, 0.1) is 5.82 Å². The lowest BCUT2D eigenvalue weighted by Gasteiger charge is -2.12. The van der Waals surface area contributed by atoms with Gasteiger partial charge < -0.3 is 15.8 Å². The van der Waals surface area contributed by atoms with Gasteiger partial charge in [0.1, 0.15) is 18.2 Å². The first-order valence-corrected chi connectivity index (χ1v) is 7.75. The molecule has 128 valence electrons. The highest BCUT2D eigenvalue weighted by Gasteiger charge is 2.06. The Morgan fingerprint density at radius 1 is 1.25 bits per heavy atom. The second-order valence-electron chi connectivity index (χ2n) is 5.46. The van der Waals surface area contributed by atoms with Crippen molar-refractivity contribution in [3.05, 3.63) is 65.5 Å². The van der Waals surface area contributed by atoms with Gasteiger partial charge in [-0.15, -0.1) is 0 Å². The van der Waals surface area contributed by atoms with Crippen molar-refractivity contribution >= 4 is 5.91 Å². The molecular formula is C18H22FN3O2. The SMILES string of the molecule is CC(NCNCc1cccc(OCc2ccccc2F)c1)C(N)=O. The number of benzene rings is 2. The van der Waals surface area contributed by atoms with E-state index in [9.17, 15) is 9.18 Å². The third kappa shape index (κ3) is 5.64. The zero-order valence-electron chi connectivity index (χ0n) is 13.6. The van der Waals surface area contributed by atoms with Crippen LogP contribution in [0.2, 0.25) is 0 Å². The number of carbonyl (C=O) groups excluding carboxylic acids is 1. The molecule has 5 nitrogen and oxygen atoms in total. The van der Waals surface area contributed by atoms with Gasteiger partial charge >= 0.3 is 0 Å². The van der Waals surface area contributed by atoms with Crippen molar-refractivity contribution in [1.82, 2.24) is 10.6 Å². The molecule has 0 saturated heterocycles. The second-order valence-corrected chi connectivity index (χ2v) is 5.46. The van der Waals surface area contributed by atoms with Gasteiger partial charge in [0.2, 0.25) is 5.91 Å². The fourth-order valence-corrected chi connectivity index (χ4v) is 2.05. The van der Waals surface area contributed by atoms with E-state index in [1.807, 2.05) is 24.3 Å². The number of halogens is 1. The molecule has 2 aromatic carbocycles. The molecule has 2 aromatic rings. The lowest BCUT2D eigenvalue weighted by molar-refractivity contribution is -0.119. The van der Waals surface area contributed by atoms with E-state index < -0.39 is 0 Å². The van der Waals surface area contributed by atoms with Gasteiger partial charge in [-0.3, -0.25) is 10.1 Å². The van der Waals surface area contributed by atoms with Crippen LogP contribution < -0.4 is 21.1 Å². The summed E-state index contributed by atoms with van der Waals surface area (Å²) in [5.41, 5.74) is 6.71. The summed E-state index contributed by atoms with van der Waals surface area (Å²) >= 11 is 0. The zero-order valence-corrected chi connectivity index (χ0v) is 13.6. The van der Waals surface area contributed by atoms with Crippen LogP contribution in [-0.4, -0.2) is 18.6 Å². The first kappa shape index (κ1) is 17.9. The van der Waals surface area contributed by atoms with Crippen molar-refractivity contribution in [3.8, 4) is 5.75 Å². The summed E-state index contributed by atoms with van der Waals surface area (Å²) in [5.74, 6) is 0.0151. The number of ether oxygens (including phenoxy) is 1. The fourth-order valence-electron chi connectivity index (χ4n) is 2.05. The Labute approximate surface area is 141 Å². The molecule has 0 fully saturated rings. The maximum Gasteiger partial charge on any atom is 0.234 e. The Kier molecular flexibility index (Phi) is 6.72. The van der Waals surface area contributed by atoms with Crippen LogP contribution in [0.5, 0.6) is 5.75 Å². The summed E-state index contributed by atoms with van der Waals surface area (Å²) in [4.78, 5) is 10.9. The molecule has 4 N–H and O–H groups in total. The van der Waals surface area contributed by atoms with E-state index in [1.165, 1.54) is 6.07 Å². The molecular weight excluding hydrogens is 309 g/mol. The molecule has 6 heteroatoms. The number of hydrogen-bond acceptors (Lipinski definition) is 4. The van der Waals surface area contributed by atoms with E-state index in [0.717, 1.165) is 5.56 Å². The van der Waals surface area contributed by atoms with Gasteiger partial charge in [0.05, 0.1) is 6.04 Å². The minimum atomic E-state index is -0.389. The van der Waals surface area contributed by atoms with Crippen molar-refractivity contribution in [3.63, 3.8) is 0 Å². The maximum absolute atomic E-state index is 13.6. The van der Waals surface area contributed by atoms with E-state index in [1.54, 1.807) is 25.1 Å². The van der Waals surface area contributed by atoms with Crippen LogP contribution in [0.3, 0.4) is 0 Å². The number of hydrogen-bond donors (Lipinski definition) is 3. The fraction of sp³-hybridized carbons (Fsp3) is 0.278. The van der Waals surface area contributed by atoms with Gasteiger partial charge in [-0.1, -0.05) is 30.3 Å². The Morgan fingerprint density at radius 3 is 2.79 bits per heavy atom. The number of primary amides is 1. The van der Waals surface area contributed by atoms with Crippen molar-refractivity contribution in [2.45, 2.75) is 26.1 Å². The van der Waals surface area contributed by atoms with E-state index in [4.69, 9.17) is 10.5 Å². The molecule has 0 saturated carbocycles. The van der Waals surface area contributed by atoms with Crippen molar-refractivity contribution in [2.24, 2.45) is 5.73 Å². The molecule has 2 rings (SSSR count). The molecule has 0 aliphatic carbocycles. The third-order valence-corrected chi connectivity index (χ3v) is 3.54. The highest BCUT2D eigenvalue weighted by Crippen LogP contribution is 2.16. The quantitative estimate of drug-likeness (QED) is 0.485. The summed E-state index contributed by atoms with van der Waals surface area (Å²) < 4.78 is 19.2. The van der Waals surface area contributed by atoms with Crippen LogP contribution in [-0.2, 0) is 17.9 Å². The van der Waals surface area contributed by atoms with Crippen LogP contribution in [0.1, 0.15) is 18.1 Å². The molecule has 0 aliphatic rings. The smallest absolute Gasteiger partial charge is 0.234 e. The normalized spacial score (nSPS) is 11.9. The molecule has 1 atom stereocenters. The Bertz CT molecular complexity index is 679. The Hall–Kier alpha value is -2.44. The minimum absolute atomic E-state index is 0.182. The molecule has 0 heterocycles. The lowest BCUT2D eigenvalue weighted by Crippen LogP contribution is -2.43. The highest BCUT2D eigenvalue weighted by atomic mass is 19.1. The maximum atomic E-state index is 13.6. The minimum Gasteiger partial charge on any atom is -0.489 e. The van der Waals surface area contributed by atoms with Crippen LogP contribution in [0.25, 0.3) is 0 Å². The largest absolute Gasteiger partial charge is 0.489 e. The van der Waals surface area contributed by atoms with Crippen LogP contribution >= 0.6 is 0 Å². The predicted octanol–water partition coefficient (Wildman–Crippen LogP) is 1.92. The topological polar surface area (TPSA) is 76.4 Å². The first-order chi connectivity index (χ1) is 11.6. The number of carbonyl (C=O) groups is 1. The van der Waals surface area contributed by atoms with Gasteiger partial charge in [0, 0.05) is 18.8 Å². The number of nitrogens with one attached hydrogen (secondary N) is 2. The average Bonchev–Trinajstić information content (AvgIpc) is 2.58. The molecule has 1 amide bonds. The average molecular weight is 331 g/mol. The predicted molar refractivity (Wildman–Crippen MR) is 90.7 cm³/mol. The second kappa shape index (κ2) is 9.00. The van der Waals surface area contributed by atoms with Gasteiger partial charge in [-0.05, 0) is 30.7 Å². The summed E-state index contributed by atoms with van der Waals surface area (Å²) in [7, 11) is 0. The Balaban J connectivity index is 1.81. The molecule has 0 radical (unpaired) electrons. The van der Waals surface area contributed by atoms with E-state index >= 15 is 0 Å². The van der Waals surface area contributed by atoms with E-state index in [-0.39, 0.29) is 24.4 Å². The highest BCUT2D eigenvalue weighted by molar-refractivity contribution is 5.79. The van der Waals surface area contributed by atoms with Gasteiger partial charge in [-0.25, -0.2) is 4.39 Å². The Morgan fingerprint density at radius 2 is 2.04 bits per heavy atom. The summed E-state index contributed by atoms with van der Waals surface area (Å²) in [6.45, 7) is 2.96. The molecule has 0 aliphatic heterocycles. The lowest BCUT2D eigenvalue weighted by atomic mass is 10.2. The van der Waals surface area contributed by atoms with Crippen LogP contribution in [0.15, 0.2) is 48.5 Å². The number of rotatable bonds is 9. The van der Waals surface area contributed by atoms with Gasteiger partial charge in [-0.2, -0.15) is 0 Å². The van der Waals surface area contributed by atoms with E-state index in [2.05, 4.69) is 10.6 Å². The standard InChI is InChI=1S/C18H22FN3O2/c1-13(18(20)23)22-12-21-10-14-5-4-7-16(9-14)24-11-15-6-2-3-8-17(15)19/h2-9,13,21-22H,10-12H2,1H3,(H2,20,23). The molecule has 1 unspecified atom stereocenters. The first-order valence-electron chi connectivity index (χ1n) is 7.75. The van der Waals surface area contributed by atoms with E-state index in [0.29, 0.717) is 24.5 Å². The molecule has 0 spiro atoms. The molecule has 0 bridgehead atoms. The molecule has 0 aromatic heterocycles. The number of amides is 1. The monoisotopic (exact) mass is 331 g/mol. The zero-order chi connectivity index (χ0) is 17.4. The van der Waals surface area contributed by atoms with Crippen molar-refractivity contribution in [1.29, 1.82) is 0 Å². The van der Waals surface area contributed by atoms with Crippen LogP contribution in [0.4, 0.5) is 4.39 Å².